The molecule has 1 aromatic carbocycles. The quantitative estimate of drug-likeness (QED) is 0.705. The average Bonchev–Trinajstić information content (AvgIpc) is 3.12. The summed E-state index contributed by atoms with van der Waals surface area (Å²) in [5.74, 6) is 0.600. The third kappa shape index (κ3) is 4.86. The first-order valence-corrected chi connectivity index (χ1v) is 10.8. The molecule has 8 heteroatoms. The molecule has 1 aliphatic rings. The van der Waals surface area contributed by atoms with Crippen molar-refractivity contribution >= 4 is 43.3 Å². The Balaban J connectivity index is 1.79. The highest BCUT2D eigenvalue weighted by Gasteiger charge is 2.35. The Morgan fingerprint density at radius 1 is 1.24 bits per heavy atom. The van der Waals surface area contributed by atoms with Crippen molar-refractivity contribution in [3.05, 3.63) is 57.4 Å². The maximum Gasteiger partial charge on any atom is 0.227 e. The van der Waals surface area contributed by atoms with E-state index in [1.54, 1.807) is 41.3 Å². The number of halogens is 2. The Morgan fingerprint density at radius 3 is 2.52 bits per heavy atom. The minimum atomic E-state index is -3.09. The SMILES string of the molecule is O=C(Cc1ccc(Cl)cc1)N(Cc1ccc(Br)o1)[C@@H]1CCS(=O)(=O)C1. The van der Waals surface area contributed by atoms with Gasteiger partial charge in [-0.15, -0.1) is 0 Å². The number of nitrogens with zero attached hydrogens (tertiary/aromatic N) is 1. The first-order valence-electron chi connectivity index (χ1n) is 7.81. The number of carbonyl (C=O) groups excluding carboxylic acids is 1. The average molecular weight is 447 g/mol. The van der Waals surface area contributed by atoms with Gasteiger partial charge in [0.2, 0.25) is 5.91 Å². The molecule has 134 valence electrons. The zero-order chi connectivity index (χ0) is 18.0. The molecule has 0 bridgehead atoms. The summed E-state index contributed by atoms with van der Waals surface area (Å²) in [6.07, 6.45) is 0.645. The number of rotatable bonds is 5. The van der Waals surface area contributed by atoms with E-state index in [2.05, 4.69) is 15.9 Å². The number of amides is 1. The van der Waals surface area contributed by atoms with Gasteiger partial charge in [-0.2, -0.15) is 0 Å². The smallest absolute Gasteiger partial charge is 0.227 e. The van der Waals surface area contributed by atoms with E-state index in [1.807, 2.05) is 0 Å². The third-order valence-electron chi connectivity index (χ3n) is 4.19. The van der Waals surface area contributed by atoms with Gasteiger partial charge in [-0.3, -0.25) is 4.79 Å². The lowest BCUT2D eigenvalue weighted by molar-refractivity contribution is -0.133. The van der Waals surface area contributed by atoms with E-state index >= 15 is 0 Å². The van der Waals surface area contributed by atoms with Crippen LogP contribution in [0, 0.1) is 0 Å². The molecular weight excluding hydrogens is 430 g/mol. The Kier molecular flexibility index (Phi) is 5.55. The van der Waals surface area contributed by atoms with Crippen molar-refractivity contribution < 1.29 is 17.6 Å². The van der Waals surface area contributed by atoms with E-state index in [1.165, 1.54) is 0 Å². The summed E-state index contributed by atoms with van der Waals surface area (Å²) < 4.78 is 29.7. The molecule has 1 amide bonds. The van der Waals surface area contributed by atoms with E-state index in [0.29, 0.717) is 21.9 Å². The van der Waals surface area contributed by atoms with Crippen LogP contribution in [0.3, 0.4) is 0 Å². The zero-order valence-corrected chi connectivity index (χ0v) is 16.5. The van der Waals surface area contributed by atoms with Gasteiger partial charge in [0.25, 0.3) is 0 Å². The van der Waals surface area contributed by atoms with Gasteiger partial charge in [0.1, 0.15) is 5.76 Å². The van der Waals surface area contributed by atoms with Crippen molar-refractivity contribution in [2.45, 2.75) is 25.4 Å². The minimum absolute atomic E-state index is 0.00123. The second kappa shape index (κ2) is 7.51. The summed E-state index contributed by atoms with van der Waals surface area (Å²) in [6, 6.07) is 10.3. The highest BCUT2D eigenvalue weighted by atomic mass is 79.9. The molecule has 0 unspecified atom stereocenters. The van der Waals surface area contributed by atoms with E-state index < -0.39 is 9.84 Å². The summed E-state index contributed by atoms with van der Waals surface area (Å²) in [7, 11) is -3.09. The van der Waals surface area contributed by atoms with Crippen molar-refractivity contribution in [1.82, 2.24) is 4.90 Å². The van der Waals surface area contributed by atoms with Gasteiger partial charge in [0, 0.05) is 11.1 Å². The van der Waals surface area contributed by atoms with Crippen molar-refractivity contribution in [2.24, 2.45) is 0 Å². The van der Waals surface area contributed by atoms with Gasteiger partial charge in [0.15, 0.2) is 14.5 Å². The number of sulfone groups is 1. The van der Waals surface area contributed by atoms with Crippen LogP contribution in [0.15, 0.2) is 45.5 Å². The maximum absolute atomic E-state index is 12.9. The van der Waals surface area contributed by atoms with E-state index in [9.17, 15) is 13.2 Å². The van der Waals surface area contributed by atoms with Crippen LogP contribution >= 0.6 is 27.5 Å². The molecule has 1 saturated heterocycles. The molecular formula is C17H17BrClNO4S. The molecule has 5 nitrogen and oxygen atoms in total. The topological polar surface area (TPSA) is 67.6 Å². The fraction of sp³-hybridized carbons (Fsp3) is 0.353. The van der Waals surface area contributed by atoms with Crippen LogP contribution < -0.4 is 0 Å². The molecule has 2 aromatic rings. The molecule has 1 fully saturated rings. The molecule has 0 saturated carbocycles. The molecule has 3 rings (SSSR count). The van der Waals surface area contributed by atoms with Crippen molar-refractivity contribution in [3.63, 3.8) is 0 Å². The van der Waals surface area contributed by atoms with Gasteiger partial charge in [-0.25, -0.2) is 8.42 Å². The normalized spacial score (nSPS) is 19.0. The first kappa shape index (κ1) is 18.5. The number of hydrogen-bond acceptors (Lipinski definition) is 4. The highest BCUT2D eigenvalue weighted by molar-refractivity contribution is 9.10. The monoisotopic (exact) mass is 445 g/mol. The van der Waals surface area contributed by atoms with E-state index in [0.717, 1.165) is 5.56 Å². The Hall–Kier alpha value is -1.31. The second-order valence-electron chi connectivity index (χ2n) is 6.09. The standard InChI is InChI=1S/C17H17BrClNO4S/c18-16-6-5-15(24-16)10-20(14-7-8-25(22,23)11-14)17(21)9-12-1-3-13(19)4-2-12/h1-6,14H,7-11H2/t14-/m1/s1. The summed E-state index contributed by atoms with van der Waals surface area (Å²) in [4.78, 5) is 14.5. The molecule has 1 aliphatic heterocycles. The number of furan rings is 1. The van der Waals surface area contributed by atoms with Crippen LogP contribution in [0.1, 0.15) is 17.7 Å². The number of benzene rings is 1. The molecule has 1 aromatic heterocycles. The first-order chi connectivity index (χ1) is 11.8. The third-order valence-corrected chi connectivity index (χ3v) is 6.62. The lowest BCUT2D eigenvalue weighted by Gasteiger charge is -2.27. The second-order valence-corrected chi connectivity index (χ2v) is 9.53. The lowest BCUT2D eigenvalue weighted by atomic mass is 10.1. The van der Waals surface area contributed by atoms with Crippen molar-refractivity contribution in [3.8, 4) is 0 Å². The van der Waals surface area contributed by atoms with Gasteiger partial charge in [0.05, 0.1) is 24.5 Å². The Bertz CT molecular complexity index is 863. The van der Waals surface area contributed by atoms with E-state index in [4.69, 9.17) is 16.0 Å². The summed E-state index contributed by atoms with van der Waals surface area (Å²) in [5, 5.41) is 0.607. The van der Waals surface area contributed by atoms with Crippen LogP contribution in [0.25, 0.3) is 0 Å². The largest absolute Gasteiger partial charge is 0.452 e. The minimum Gasteiger partial charge on any atom is -0.452 e. The molecule has 0 N–H and O–H groups in total. The van der Waals surface area contributed by atoms with Gasteiger partial charge >= 0.3 is 0 Å². The highest BCUT2D eigenvalue weighted by Crippen LogP contribution is 2.23. The van der Waals surface area contributed by atoms with Crippen LogP contribution in [-0.4, -0.2) is 36.8 Å². The summed E-state index contributed by atoms with van der Waals surface area (Å²) in [6.45, 7) is 0.248. The van der Waals surface area contributed by atoms with Crippen molar-refractivity contribution in [2.75, 3.05) is 11.5 Å². The predicted molar refractivity (Wildman–Crippen MR) is 99.2 cm³/mol. The number of carbonyl (C=O) groups is 1. The van der Waals surface area contributed by atoms with Crippen LogP contribution in [-0.2, 0) is 27.6 Å². The van der Waals surface area contributed by atoms with E-state index in [-0.39, 0.29) is 36.4 Å². The van der Waals surface area contributed by atoms with Gasteiger partial charge in [-0.1, -0.05) is 23.7 Å². The molecule has 2 heterocycles. The molecule has 0 aliphatic carbocycles. The fourth-order valence-corrected chi connectivity index (χ4v) is 5.12. The van der Waals surface area contributed by atoms with Gasteiger partial charge in [-0.05, 0) is 52.2 Å². The zero-order valence-electron chi connectivity index (χ0n) is 13.3. The van der Waals surface area contributed by atoms with Crippen LogP contribution in [0.5, 0.6) is 0 Å². The molecule has 0 spiro atoms. The van der Waals surface area contributed by atoms with Crippen molar-refractivity contribution in [1.29, 1.82) is 0 Å². The Labute approximate surface area is 160 Å². The molecule has 1 atom stereocenters. The maximum atomic E-state index is 12.9. The predicted octanol–water partition coefficient (Wildman–Crippen LogP) is 3.45. The van der Waals surface area contributed by atoms with Crippen LogP contribution in [0.2, 0.25) is 5.02 Å². The molecule has 0 radical (unpaired) electrons. The lowest BCUT2D eigenvalue weighted by Crippen LogP contribution is -2.41. The Morgan fingerprint density at radius 2 is 1.96 bits per heavy atom. The summed E-state index contributed by atoms with van der Waals surface area (Å²) in [5.41, 5.74) is 0.834. The molecule has 25 heavy (non-hydrogen) atoms. The number of hydrogen-bond donors (Lipinski definition) is 0. The van der Waals surface area contributed by atoms with Gasteiger partial charge < -0.3 is 9.32 Å². The summed E-state index contributed by atoms with van der Waals surface area (Å²) >= 11 is 9.12. The fourth-order valence-electron chi connectivity index (χ4n) is 2.93. The van der Waals surface area contributed by atoms with Crippen LogP contribution in [0.4, 0.5) is 0 Å².